The molecule has 0 radical (unpaired) electrons. The van der Waals surface area contributed by atoms with Gasteiger partial charge in [-0.2, -0.15) is 0 Å². The third kappa shape index (κ3) is 1.45. The van der Waals surface area contributed by atoms with E-state index in [-0.39, 0.29) is 10.7 Å². The molecule has 0 aliphatic heterocycles. The van der Waals surface area contributed by atoms with Crippen molar-refractivity contribution in [3.63, 3.8) is 0 Å². The molecule has 0 aromatic carbocycles. The van der Waals surface area contributed by atoms with Gasteiger partial charge in [-0.1, -0.05) is 11.6 Å². The number of hydrogen-bond acceptors (Lipinski definition) is 3. The third-order valence-corrected chi connectivity index (χ3v) is 1.19. The molecular weight excluding hydrogens is 154 g/mol. The van der Waals surface area contributed by atoms with Crippen LogP contribution in [-0.2, 0) is 0 Å². The molecule has 1 rings (SSSR count). The SMILES string of the molecule is O=C([O-])c1ccc(Cl)nc1. The molecule has 0 amide bonds. The Labute approximate surface area is 62.3 Å². The molecule has 3 nitrogen and oxygen atoms in total. The van der Waals surface area contributed by atoms with Crippen molar-refractivity contribution in [3.8, 4) is 0 Å². The summed E-state index contributed by atoms with van der Waals surface area (Å²) in [4.78, 5) is 13.7. The Hall–Kier alpha value is -1.09. The zero-order chi connectivity index (χ0) is 7.56. The maximum Gasteiger partial charge on any atom is 0.129 e. The fraction of sp³-hybridized carbons (Fsp3) is 0. The molecule has 0 N–H and O–H groups in total. The normalized spacial score (nSPS) is 9.30. The predicted molar refractivity (Wildman–Crippen MR) is 33.6 cm³/mol. The first-order chi connectivity index (χ1) is 4.70. The van der Waals surface area contributed by atoms with Crippen molar-refractivity contribution < 1.29 is 9.90 Å². The Balaban J connectivity index is 3.00. The van der Waals surface area contributed by atoms with Crippen LogP contribution in [0.15, 0.2) is 18.3 Å². The summed E-state index contributed by atoms with van der Waals surface area (Å²) in [6.07, 6.45) is 1.15. The van der Waals surface area contributed by atoms with E-state index in [9.17, 15) is 9.90 Å². The van der Waals surface area contributed by atoms with Crippen LogP contribution in [0.2, 0.25) is 5.15 Å². The fourth-order valence-electron chi connectivity index (χ4n) is 0.497. The first-order valence-corrected chi connectivity index (χ1v) is 2.91. The third-order valence-electron chi connectivity index (χ3n) is 0.963. The minimum Gasteiger partial charge on any atom is -0.545 e. The number of nitrogens with zero attached hydrogens (tertiary/aromatic N) is 1. The van der Waals surface area contributed by atoms with Crippen molar-refractivity contribution in [1.29, 1.82) is 0 Å². The number of aromatic nitrogens is 1. The van der Waals surface area contributed by atoms with E-state index < -0.39 is 5.97 Å². The van der Waals surface area contributed by atoms with Gasteiger partial charge in [0.2, 0.25) is 0 Å². The van der Waals surface area contributed by atoms with E-state index in [1.54, 1.807) is 0 Å². The predicted octanol–water partition coefficient (Wildman–Crippen LogP) is 0.0985. The second-order valence-corrected chi connectivity index (χ2v) is 2.04. The summed E-state index contributed by atoms with van der Waals surface area (Å²) in [5.41, 5.74) is 0.0319. The smallest absolute Gasteiger partial charge is 0.129 e. The number of hydrogen-bond donors (Lipinski definition) is 0. The van der Waals surface area contributed by atoms with Crippen molar-refractivity contribution in [2.45, 2.75) is 0 Å². The highest BCUT2D eigenvalue weighted by Gasteiger charge is 1.91. The lowest BCUT2D eigenvalue weighted by Crippen LogP contribution is -2.22. The van der Waals surface area contributed by atoms with Crippen LogP contribution in [0, 0.1) is 0 Å². The number of carbonyl (C=O) groups is 1. The van der Waals surface area contributed by atoms with Crippen LogP contribution in [0.1, 0.15) is 10.4 Å². The average molecular weight is 157 g/mol. The molecule has 0 spiro atoms. The summed E-state index contributed by atoms with van der Waals surface area (Å²) < 4.78 is 0. The highest BCUT2D eigenvalue weighted by atomic mass is 35.5. The van der Waals surface area contributed by atoms with E-state index in [4.69, 9.17) is 11.6 Å². The number of carbonyl (C=O) groups excluding carboxylic acids is 1. The minimum absolute atomic E-state index is 0.0319. The molecule has 0 aliphatic rings. The van der Waals surface area contributed by atoms with E-state index in [0.29, 0.717) is 0 Å². The molecule has 0 bridgehead atoms. The van der Waals surface area contributed by atoms with Gasteiger partial charge in [-0.3, -0.25) is 0 Å². The Bertz CT molecular complexity index is 244. The number of carboxylic acids is 1. The molecule has 1 aromatic rings. The van der Waals surface area contributed by atoms with Gasteiger partial charge in [-0.05, 0) is 12.1 Å². The average Bonchev–Trinajstić information content (AvgIpc) is 1.88. The van der Waals surface area contributed by atoms with E-state index in [2.05, 4.69) is 4.98 Å². The van der Waals surface area contributed by atoms with Crippen molar-refractivity contribution in [3.05, 3.63) is 29.0 Å². The van der Waals surface area contributed by atoms with Crippen molar-refractivity contribution in [2.75, 3.05) is 0 Å². The number of rotatable bonds is 1. The molecule has 0 saturated carbocycles. The molecule has 10 heavy (non-hydrogen) atoms. The molecule has 0 saturated heterocycles. The maximum absolute atomic E-state index is 10.1. The highest BCUT2D eigenvalue weighted by molar-refractivity contribution is 6.29. The van der Waals surface area contributed by atoms with Crippen LogP contribution in [0.3, 0.4) is 0 Å². The molecule has 4 heteroatoms. The van der Waals surface area contributed by atoms with Crippen LogP contribution < -0.4 is 5.11 Å². The summed E-state index contributed by atoms with van der Waals surface area (Å²) in [5.74, 6) is -1.25. The molecule has 0 atom stereocenters. The lowest BCUT2D eigenvalue weighted by molar-refractivity contribution is -0.255. The summed E-state index contributed by atoms with van der Waals surface area (Å²) >= 11 is 5.39. The van der Waals surface area contributed by atoms with E-state index >= 15 is 0 Å². The van der Waals surface area contributed by atoms with Crippen LogP contribution >= 0.6 is 11.6 Å². The highest BCUT2D eigenvalue weighted by Crippen LogP contribution is 2.03. The molecular formula is C6H3ClNO2-. The number of carboxylic acid groups (broad SMARTS) is 1. The van der Waals surface area contributed by atoms with E-state index in [0.717, 1.165) is 6.20 Å². The quantitative estimate of drug-likeness (QED) is 0.542. The summed E-state index contributed by atoms with van der Waals surface area (Å²) in [5, 5.41) is 10.4. The lowest BCUT2D eigenvalue weighted by Gasteiger charge is -1.98. The Morgan fingerprint density at radius 1 is 1.60 bits per heavy atom. The van der Waals surface area contributed by atoms with Crippen LogP contribution in [0.4, 0.5) is 0 Å². The fourth-order valence-corrected chi connectivity index (χ4v) is 0.608. The van der Waals surface area contributed by atoms with Gasteiger partial charge < -0.3 is 9.90 Å². The van der Waals surface area contributed by atoms with E-state index in [1.807, 2.05) is 0 Å². The lowest BCUT2D eigenvalue weighted by atomic mass is 10.3. The van der Waals surface area contributed by atoms with Gasteiger partial charge in [0, 0.05) is 11.8 Å². The Morgan fingerprint density at radius 2 is 2.30 bits per heavy atom. The molecule has 0 unspecified atom stereocenters. The summed E-state index contributed by atoms with van der Waals surface area (Å²) in [6, 6.07) is 2.73. The van der Waals surface area contributed by atoms with Gasteiger partial charge in [0.1, 0.15) is 5.15 Å². The van der Waals surface area contributed by atoms with Crippen LogP contribution in [0.5, 0.6) is 0 Å². The summed E-state index contributed by atoms with van der Waals surface area (Å²) in [6.45, 7) is 0. The zero-order valence-corrected chi connectivity index (χ0v) is 5.63. The van der Waals surface area contributed by atoms with Gasteiger partial charge in [0.05, 0.1) is 5.97 Å². The largest absolute Gasteiger partial charge is 0.545 e. The Morgan fingerprint density at radius 3 is 2.70 bits per heavy atom. The van der Waals surface area contributed by atoms with Crippen LogP contribution in [-0.4, -0.2) is 11.0 Å². The van der Waals surface area contributed by atoms with Gasteiger partial charge in [0.15, 0.2) is 0 Å². The van der Waals surface area contributed by atoms with Crippen molar-refractivity contribution in [2.24, 2.45) is 0 Å². The Kier molecular flexibility index (Phi) is 1.87. The summed E-state index contributed by atoms with van der Waals surface area (Å²) in [7, 11) is 0. The second kappa shape index (κ2) is 2.66. The van der Waals surface area contributed by atoms with Crippen molar-refractivity contribution >= 4 is 17.6 Å². The maximum atomic E-state index is 10.1. The van der Waals surface area contributed by atoms with Gasteiger partial charge in [-0.15, -0.1) is 0 Å². The monoisotopic (exact) mass is 156 g/mol. The number of halogens is 1. The van der Waals surface area contributed by atoms with Gasteiger partial charge >= 0.3 is 0 Å². The minimum atomic E-state index is -1.25. The number of pyridine rings is 1. The van der Waals surface area contributed by atoms with Crippen molar-refractivity contribution in [1.82, 2.24) is 4.98 Å². The standard InChI is InChI=1S/C6H4ClNO2/c7-5-2-1-4(3-8-5)6(9)10/h1-3H,(H,9,10)/p-1. The second-order valence-electron chi connectivity index (χ2n) is 1.66. The number of aromatic carboxylic acids is 1. The topological polar surface area (TPSA) is 53.0 Å². The first kappa shape index (κ1) is 7.02. The zero-order valence-electron chi connectivity index (χ0n) is 4.87. The molecule has 0 aliphatic carbocycles. The first-order valence-electron chi connectivity index (χ1n) is 2.53. The van der Waals surface area contributed by atoms with E-state index in [1.165, 1.54) is 12.1 Å². The molecule has 1 heterocycles. The molecule has 1 aromatic heterocycles. The van der Waals surface area contributed by atoms with Gasteiger partial charge in [-0.25, -0.2) is 4.98 Å². The van der Waals surface area contributed by atoms with Crippen LogP contribution in [0.25, 0.3) is 0 Å². The van der Waals surface area contributed by atoms with Gasteiger partial charge in [0.25, 0.3) is 0 Å². The molecule has 0 fully saturated rings. The molecule has 52 valence electrons.